The van der Waals surface area contributed by atoms with Crippen LogP contribution in [0.4, 0.5) is 0 Å². The molecule has 3 rings (SSSR count). The van der Waals surface area contributed by atoms with E-state index in [0.29, 0.717) is 22.1 Å². The highest BCUT2D eigenvalue weighted by molar-refractivity contribution is 6.10. The van der Waals surface area contributed by atoms with Gasteiger partial charge >= 0.3 is 0 Å². The Kier molecular flexibility index (Phi) is 3.01. The lowest BCUT2D eigenvalue weighted by Gasteiger charge is -2.13. The minimum Gasteiger partial charge on any atom is -0.507 e. The predicted octanol–water partition coefficient (Wildman–Crippen LogP) is 4.92. The molecule has 0 amide bonds. The van der Waals surface area contributed by atoms with Gasteiger partial charge in [0.1, 0.15) is 11.5 Å². The van der Waals surface area contributed by atoms with E-state index < -0.39 is 0 Å². The van der Waals surface area contributed by atoms with Crippen LogP contribution in [0.3, 0.4) is 0 Å². The summed E-state index contributed by atoms with van der Waals surface area (Å²) in [5.74, 6) is 0.926. The number of phenolic OH excluding ortho intramolecular Hbond substituents is 2. The van der Waals surface area contributed by atoms with Crippen LogP contribution in [0, 0.1) is 0 Å². The minimum absolute atomic E-state index is 0.240. The number of rotatable bonds is 2. The smallest absolute Gasteiger partial charge is 0.131 e. The Morgan fingerprint density at radius 2 is 1.40 bits per heavy atom. The Morgan fingerprint density at radius 3 is 2.00 bits per heavy atom. The van der Waals surface area contributed by atoms with Crippen molar-refractivity contribution in [1.82, 2.24) is 0 Å². The molecule has 102 valence electrons. The molecule has 0 fully saturated rings. The molecule has 0 aliphatic rings. The van der Waals surface area contributed by atoms with E-state index >= 15 is 0 Å². The summed E-state index contributed by atoms with van der Waals surface area (Å²) in [7, 11) is 0. The zero-order valence-electron chi connectivity index (χ0n) is 11.7. The van der Waals surface area contributed by atoms with Crippen molar-refractivity contribution >= 4 is 21.5 Å². The van der Waals surface area contributed by atoms with Gasteiger partial charge in [-0.2, -0.15) is 0 Å². The first-order valence-electron chi connectivity index (χ1n) is 6.99. The van der Waals surface area contributed by atoms with Gasteiger partial charge in [-0.25, -0.2) is 0 Å². The molecule has 1 atom stereocenters. The van der Waals surface area contributed by atoms with Crippen molar-refractivity contribution < 1.29 is 10.2 Å². The van der Waals surface area contributed by atoms with E-state index in [1.807, 2.05) is 42.5 Å². The van der Waals surface area contributed by atoms with Crippen LogP contribution in [0.1, 0.15) is 31.7 Å². The number of hydrogen-bond donors (Lipinski definition) is 2. The SMILES string of the molecule is CCC(C)c1ccc2c(O)c3ccccc3c(O)c2c1. The molecule has 0 aromatic heterocycles. The number of benzene rings is 3. The molecule has 2 nitrogen and oxygen atoms in total. The number of aromatic hydroxyl groups is 2. The fourth-order valence-electron chi connectivity index (χ4n) is 2.69. The molecule has 20 heavy (non-hydrogen) atoms. The van der Waals surface area contributed by atoms with Crippen molar-refractivity contribution in [3.63, 3.8) is 0 Å². The second-order valence-corrected chi connectivity index (χ2v) is 5.36. The molecule has 2 heteroatoms. The predicted molar refractivity (Wildman–Crippen MR) is 83.5 cm³/mol. The molecule has 3 aromatic carbocycles. The van der Waals surface area contributed by atoms with Crippen molar-refractivity contribution in [3.8, 4) is 11.5 Å². The van der Waals surface area contributed by atoms with Crippen molar-refractivity contribution in [3.05, 3.63) is 48.0 Å². The van der Waals surface area contributed by atoms with E-state index in [9.17, 15) is 10.2 Å². The molecule has 0 aliphatic carbocycles. The Hall–Kier alpha value is -2.22. The third-order valence-electron chi connectivity index (χ3n) is 4.17. The van der Waals surface area contributed by atoms with Gasteiger partial charge in [0.05, 0.1) is 0 Å². The lowest BCUT2D eigenvalue weighted by Crippen LogP contribution is -1.91. The molecule has 0 spiro atoms. The zero-order valence-corrected chi connectivity index (χ0v) is 11.7. The van der Waals surface area contributed by atoms with Crippen LogP contribution < -0.4 is 0 Å². The summed E-state index contributed by atoms with van der Waals surface area (Å²) >= 11 is 0. The van der Waals surface area contributed by atoms with Gasteiger partial charge in [0.25, 0.3) is 0 Å². The van der Waals surface area contributed by atoms with Gasteiger partial charge in [-0.05, 0) is 24.0 Å². The fraction of sp³-hybridized carbons (Fsp3) is 0.222. The van der Waals surface area contributed by atoms with Crippen LogP contribution in [0.25, 0.3) is 21.5 Å². The Labute approximate surface area is 118 Å². The summed E-state index contributed by atoms with van der Waals surface area (Å²) in [5, 5.41) is 23.7. The van der Waals surface area contributed by atoms with Gasteiger partial charge in [-0.15, -0.1) is 0 Å². The first kappa shape index (κ1) is 12.8. The van der Waals surface area contributed by atoms with Crippen LogP contribution in [0.5, 0.6) is 11.5 Å². The monoisotopic (exact) mass is 266 g/mol. The minimum atomic E-state index is 0.240. The van der Waals surface area contributed by atoms with Gasteiger partial charge in [0.15, 0.2) is 0 Å². The van der Waals surface area contributed by atoms with Crippen molar-refractivity contribution in [1.29, 1.82) is 0 Å². The Balaban J connectivity index is 2.40. The van der Waals surface area contributed by atoms with Crippen molar-refractivity contribution in [2.24, 2.45) is 0 Å². The topological polar surface area (TPSA) is 40.5 Å². The maximum atomic E-state index is 10.5. The Morgan fingerprint density at radius 1 is 0.850 bits per heavy atom. The van der Waals surface area contributed by atoms with Gasteiger partial charge < -0.3 is 10.2 Å². The molecule has 0 aliphatic heterocycles. The molecular formula is C18H18O2. The van der Waals surface area contributed by atoms with Crippen LogP contribution in [-0.4, -0.2) is 10.2 Å². The maximum absolute atomic E-state index is 10.5. The van der Waals surface area contributed by atoms with Gasteiger partial charge in [0, 0.05) is 21.5 Å². The van der Waals surface area contributed by atoms with Gasteiger partial charge in [-0.1, -0.05) is 50.2 Å². The lowest BCUT2D eigenvalue weighted by atomic mass is 9.93. The van der Waals surface area contributed by atoms with E-state index in [1.54, 1.807) is 0 Å². The molecule has 1 unspecified atom stereocenters. The zero-order chi connectivity index (χ0) is 14.3. The highest BCUT2D eigenvalue weighted by Crippen LogP contribution is 2.42. The molecule has 0 radical (unpaired) electrons. The number of fused-ring (bicyclic) bond motifs is 2. The third-order valence-corrected chi connectivity index (χ3v) is 4.17. The summed E-state index contributed by atoms with van der Waals surface area (Å²) in [6.07, 6.45) is 1.05. The van der Waals surface area contributed by atoms with Crippen LogP contribution in [-0.2, 0) is 0 Å². The standard InChI is InChI=1S/C18H18O2/c1-3-11(2)12-8-9-15-16(10-12)18(20)14-7-5-4-6-13(14)17(15)19/h4-11,19-20H,3H2,1-2H3. The molecule has 3 aromatic rings. The average molecular weight is 266 g/mol. The molecule has 0 heterocycles. The molecule has 0 bridgehead atoms. The molecule has 0 saturated carbocycles. The van der Waals surface area contributed by atoms with E-state index in [4.69, 9.17) is 0 Å². The summed E-state index contributed by atoms with van der Waals surface area (Å²) in [6, 6.07) is 13.3. The third kappa shape index (κ3) is 1.80. The Bertz CT molecular complexity index is 790. The molecule has 0 saturated heterocycles. The fourth-order valence-corrected chi connectivity index (χ4v) is 2.69. The van der Waals surface area contributed by atoms with E-state index in [0.717, 1.165) is 11.8 Å². The van der Waals surface area contributed by atoms with Crippen LogP contribution in [0.2, 0.25) is 0 Å². The highest BCUT2D eigenvalue weighted by atomic mass is 16.3. The summed E-state index contributed by atoms with van der Waals surface area (Å²) < 4.78 is 0. The first-order valence-corrected chi connectivity index (χ1v) is 6.99. The molecular weight excluding hydrogens is 248 g/mol. The first-order chi connectivity index (χ1) is 9.63. The van der Waals surface area contributed by atoms with Crippen LogP contribution >= 0.6 is 0 Å². The highest BCUT2D eigenvalue weighted by Gasteiger charge is 2.13. The van der Waals surface area contributed by atoms with Crippen LogP contribution in [0.15, 0.2) is 42.5 Å². The summed E-state index contributed by atoms with van der Waals surface area (Å²) in [4.78, 5) is 0. The largest absolute Gasteiger partial charge is 0.507 e. The van der Waals surface area contributed by atoms with E-state index in [1.165, 1.54) is 5.56 Å². The maximum Gasteiger partial charge on any atom is 0.131 e. The van der Waals surface area contributed by atoms with Crippen molar-refractivity contribution in [2.45, 2.75) is 26.2 Å². The second kappa shape index (κ2) is 4.71. The van der Waals surface area contributed by atoms with E-state index in [2.05, 4.69) is 13.8 Å². The number of phenols is 2. The summed E-state index contributed by atoms with van der Waals surface area (Å²) in [5.41, 5.74) is 1.19. The van der Waals surface area contributed by atoms with E-state index in [-0.39, 0.29) is 11.5 Å². The summed E-state index contributed by atoms with van der Waals surface area (Å²) in [6.45, 7) is 4.31. The average Bonchev–Trinajstić information content (AvgIpc) is 2.51. The van der Waals surface area contributed by atoms with Gasteiger partial charge in [0.2, 0.25) is 0 Å². The quantitative estimate of drug-likeness (QED) is 0.510. The second-order valence-electron chi connectivity index (χ2n) is 5.36. The molecule has 2 N–H and O–H groups in total. The van der Waals surface area contributed by atoms with Crippen molar-refractivity contribution in [2.75, 3.05) is 0 Å². The normalized spacial score (nSPS) is 12.9. The van der Waals surface area contributed by atoms with Gasteiger partial charge in [-0.3, -0.25) is 0 Å². The number of hydrogen-bond acceptors (Lipinski definition) is 2. The lowest BCUT2D eigenvalue weighted by molar-refractivity contribution is 0.478.